The van der Waals surface area contributed by atoms with Crippen LogP contribution >= 0.6 is 0 Å². The van der Waals surface area contributed by atoms with E-state index < -0.39 is 36.7 Å². The van der Waals surface area contributed by atoms with Gasteiger partial charge in [0.15, 0.2) is 0 Å². The zero-order valence-electron chi connectivity index (χ0n) is 23.1. The van der Waals surface area contributed by atoms with Crippen molar-refractivity contribution >= 4 is 35.4 Å². The third-order valence-electron chi connectivity index (χ3n) is 7.76. The third kappa shape index (κ3) is 7.04. The van der Waals surface area contributed by atoms with Crippen LogP contribution in [0.4, 0.5) is 40.1 Å². The lowest BCUT2D eigenvalue weighted by Crippen LogP contribution is -2.38. The van der Waals surface area contributed by atoms with Gasteiger partial charge < -0.3 is 30.3 Å². The number of aryl methyl sites for hydroxylation is 1. The second-order valence-corrected chi connectivity index (χ2v) is 10.9. The zero-order valence-corrected chi connectivity index (χ0v) is 23.1. The Morgan fingerprint density at radius 2 is 1.83 bits per heavy atom. The van der Waals surface area contributed by atoms with Gasteiger partial charge in [-0.05, 0) is 60.2 Å². The SMILES string of the molecule is Cc1ccc(NC(=O)N2CC[C@@H](CC(F)(F)F)C2)cc1-c1cc(N2CCOCC2)nc(N2C[C@H](NC(=O)O)CC2=O)c1. The molecule has 0 bridgehead atoms. The molecule has 0 spiro atoms. The van der Waals surface area contributed by atoms with Crippen LogP contribution in [0, 0.1) is 12.8 Å². The van der Waals surface area contributed by atoms with Crippen molar-refractivity contribution in [1.29, 1.82) is 0 Å². The Balaban J connectivity index is 1.41. The minimum atomic E-state index is -4.26. The number of likely N-dealkylation sites (tertiary alicyclic amines) is 1. The van der Waals surface area contributed by atoms with Crippen LogP contribution in [0.1, 0.15) is 24.8 Å². The number of anilines is 3. The van der Waals surface area contributed by atoms with Gasteiger partial charge in [-0.15, -0.1) is 0 Å². The Kier molecular flexibility index (Phi) is 8.43. The number of morpholine rings is 1. The van der Waals surface area contributed by atoms with Crippen molar-refractivity contribution in [3.8, 4) is 11.1 Å². The van der Waals surface area contributed by atoms with Crippen molar-refractivity contribution in [3.63, 3.8) is 0 Å². The monoisotopic (exact) mass is 590 g/mol. The van der Waals surface area contributed by atoms with E-state index in [0.717, 1.165) is 16.7 Å². The fourth-order valence-corrected chi connectivity index (χ4v) is 5.67. The number of benzene rings is 1. The van der Waals surface area contributed by atoms with Gasteiger partial charge in [0.1, 0.15) is 11.6 Å². The minimum Gasteiger partial charge on any atom is -0.465 e. The molecule has 14 heteroatoms. The first-order chi connectivity index (χ1) is 19.9. The molecule has 0 radical (unpaired) electrons. The molecule has 4 amide bonds. The van der Waals surface area contributed by atoms with Gasteiger partial charge in [0.25, 0.3) is 0 Å². The molecule has 3 N–H and O–H groups in total. The average Bonchev–Trinajstić information content (AvgIpc) is 3.54. The fraction of sp³-hybridized carbons (Fsp3) is 0.500. The summed E-state index contributed by atoms with van der Waals surface area (Å²) in [5, 5.41) is 14.3. The van der Waals surface area contributed by atoms with E-state index in [-0.39, 0.29) is 32.0 Å². The summed E-state index contributed by atoms with van der Waals surface area (Å²) in [5.41, 5.74) is 2.88. The number of ether oxygens (including phenoxy) is 1. The van der Waals surface area contributed by atoms with Gasteiger partial charge in [-0.25, -0.2) is 14.6 Å². The molecule has 0 unspecified atom stereocenters. The van der Waals surface area contributed by atoms with E-state index in [4.69, 9.17) is 14.8 Å². The highest BCUT2D eigenvalue weighted by atomic mass is 19.4. The number of halogens is 3. The van der Waals surface area contributed by atoms with Crippen LogP contribution in [0.15, 0.2) is 30.3 Å². The fourth-order valence-electron chi connectivity index (χ4n) is 5.67. The van der Waals surface area contributed by atoms with Gasteiger partial charge in [-0.2, -0.15) is 13.2 Å². The maximum Gasteiger partial charge on any atom is 0.404 e. The van der Waals surface area contributed by atoms with E-state index in [9.17, 15) is 27.6 Å². The Morgan fingerprint density at radius 1 is 1.10 bits per heavy atom. The van der Waals surface area contributed by atoms with Crippen LogP contribution in [0.5, 0.6) is 0 Å². The number of aromatic nitrogens is 1. The average molecular weight is 591 g/mol. The van der Waals surface area contributed by atoms with Crippen molar-refractivity contribution < 1.29 is 37.4 Å². The molecular formula is C28H33F3N6O5. The van der Waals surface area contributed by atoms with E-state index in [2.05, 4.69) is 15.5 Å². The Morgan fingerprint density at radius 3 is 2.55 bits per heavy atom. The number of urea groups is 1. The van der Waals surface area contributed by atoms with Crippen LogP contribution in [0.2, 0.25) is 0 Å². The summed E-state index contributed by atoms with van der Waals surface area (Å²) in [4.78, 5) is 46.6. The van der Waals surface area contributed by atoms with Crippen molar-refractivity contribution in [2.24, 2.45) is 5.92 Å². The summed E-state index contributed by atoms with van der Waals surface area (Å²) in [6.45, 7) is 4.60. The maximum absolute atomic E-state index is 12.9. The van der Waals surface area contributed by atoms with Crippen LogP contribution in [-0.4, -0.2) is 91.2 Å². The van der Waals surface area contributed by atoms with E-state index >= 15 is 0 Å². The van der Waals surface area contributed by atoms with Gasteiger partial charge in [0.05, 0.1) is 19.3 Å². The number of amides is 4. The van der Waals surface area contributed by atoms with Gasteiger partial charge in [-0.3, -0.25) is 9.69 Å². The Bertz CT molecular complexity index is 1350. The number of nitrogens with zero attached hydrogens (tertiary/aromatic N) is 4. The molecule has 4 heterocycles. The lowest BCUT2D eigenvalue weighted by atomic mass is 10.00. The van der Waals surface area contributed by atoms with E-state index in [0.29, 0.717) is 50.0 Å². The zero-order chi connectivity index (χ0) is 30.0. The molecule has 3 fully saturated rings. The molecule has 2 atom stereocenters. The predicted octanol–water partition coefficient (Wildman–Crippen LogP) is 4.07. The number of carbonyl (C=O) groups is 3. The standard InChI is InChI=1S/C28H33F3N6O5/c1-17-2-3-20(32-26(39)36-5-4-18(15-36)14-28(29,30)31)12-22(17)19-10-23(35-6-8-42-9-7-35)34-24(11-19)37-16-21(13-25(37)38)33-27(40)41/h2-3,10-12,18,21,33H,4-9,13-16H2,1H3,(H,32,39)(H,40,41)/t18-,21+/m0/s1. The van der Waals surface area contributed by atoms with Gasteiger partial charge in [0.2, 0.25) is 5.91 Å². The third-order valence-corrected chi connectivity index (χ3v) is 7.76. The smallest absolute Gasteiger partial charge is 0.404 e. The molecule has 5 rings (SSSR count). The highest BCUT2D eigenvalue weighted by Gasteiger charge is 2.37. The van der Waals surface area contributed by atoms with Crippen molar-refractivity contribution in [3.05, 3.63) is 35.9 Å². The normalized spacial score (nSPS) is 21.1. The van der Waals surface area contributed by atoms with E-state index in [1.165, 1.54) is 9.80 Å². The van der Waals surface area contributed by atoms with Crippen molar-refractivity contribution in [1.82, 2.24) is 15.2 Å². The minimum absolute atomic E-state index is 0.0198. The lowest BCUT2D eigenvalue weighted by molar-refractivity contribution is -0.143. The Labute approximate surface area is 240 Å². The van der Waals surface area contributed by atoms with Crippen LogP contribution in [0.3, 0.4) is 0 Å². The van der Waals surface area contributed by atoms with Gasteiger partial charge >= 0.3 is 18.3 Å². The molecule has 226 valence electrons. The summed E-state index contributed by atoms with van der Waals surface area (Å²) in [7, 11) is 0. The summed E-state index contributed by atoms with van der Waals surface area (Å²) < 4.78 is 43.9. The number of alkyl halides is 3. The van der Waals surface area contributed by atoms with E-state index in [1.54, 1.807) is 18.2 Å². The van der Waals surface area contributed by atoms with Crippen LogP contribution < -0.4 is 20.4 Å². The van der Waals surface area contributed by atoms with Gasteiger partial charge in [0, 0.05) is 51.3 Å². The molecule has 1 aromatic heterocycles. The predicted molar refractivity (Wildman–Crippen MR) is 149 cm³/mol. The number of carbonyl (C=O) groups excluding carboxylic acids is 2. The van der Waals surface area contributed by atoms with Crippen molar-refractivity contribution in [2.45, 2.75) is 38.4 Å². The topological polar surface area (TPSA) is 127 Å². The molecule has 0 aliphatic carbocycles. The molecule has 1 aromatic carbocycles. The highest BCUT2D eigenvalue weighted by Crippen LogP contribution is 2.34. The Hall–Kier alpha value is -4.07. The number of rotatable bonds is 6. The molecule has 3 aliphatic heterocycles. The van der Waals surface area contributed by atoms with Crippen LogP contribution in [0.25, 0.3) is 11.1 Å². The summed E-state index contributed by atoms with van der Waals surface area (Å²) in [6, 6.07) is 8.01. The van der Waals surface area contributed by atoms with Gasteiger partial charge in [-0.1, -0.05) is 6.07 Å². The molecule has 3 saturated heterocycles. The second kappa shape index (κ2) is 12.0. The molecule has 2 aromatic rings. The summed E-state index contributed by atoms with van der Waals surface area (Å²) >= 11 is 0. The molecule has 11 nitrogen and oxygen atoms in total. The quantitative estimate of drug-likeness (QED) is 0.463. The largest absolute Gasteiger partial charge is 0.465 e. The van der Waals surface area contributed by atoms with Crippen LogP contribution in [-0.2, 0) is 9.53 Å². The molecule has 3 aliphatic rings. The molecule has 42 heavy (non-hydrogen) atoms. The lowest BCUT2D eigenvalue weighted by Gasteiger charge is -2.29. The highest BCUT2D eigenvalue weighted by molar-refractivity contribution is 5.97. The number of carboxylic acid groups (broad SMARTS) is 1. The first-order valence-corrected chi connectivity index (χ1v) is 13.8. The number of hydrogen-bond donors (Lipinski definition) is 3. The molecular weight excluding hydrogens is 557 g/mol. The first kappa shape index (κ1) is 29.4. The number of pyridine rings is 1. The first-order valence-electron chi connectivity index (χ1n) is 13.8. The number of nitrogens with one attached hydrogen (secondary N) is 2. The second-order valence-electron chi connectivity index (χ2n) is 10.9. The number of hydrogen-bond acceptors (Lipinski definition) is 6. The molecule has 0 saturated carbocycles. The maximum atomic E-state index is 12.9. The summed E-state index contributed by atoms with van der Waals surface area (Å²) in [6.07, 6.45) is -6.06. The van der Waals surface area contributed by atoms with Crippen molar-refractivity contribution in [2.75, 3.05) is 61.1 Å². The van der Waals surface area contributed by atoms with E-state index in [1.807, 2.05) is 19.1 Å². The summed E-state index contributed by atoms with van der Waals surface area (Å²) in [5.74, 6) is 0.153.